The number of fused-ring (bicyclic) bond motifs is 13. The van der Waals surface area contributed by atoms with Gasteiger partial charge in [-0.05, 0) is 59.0 Å². The molecule has 59 heavy (non-hydrogen) atoms. The van der Waals surface area contributed by atoms with Gasteiger partial charge in [-0.1, -0.05) is 152 Å². The Hall–Kier alpha value is -8.02. The lowest BCUT2D eigenvalue weighted by atomic mass is 10.0. The van der Waals surface area contributed by atoms with Gasteiger partial charge in [0.05, 0.1) is 39.0 Å². The summed E-state index contributed by atoms with van der Waals surface area (Å²) in [6.45, 7) is 0. The quantitative estimate of drug-likeness (QED) is 0.180. The second-order valence-corrected chi connectivity index (χ2v) is 15.3. The van der Waals surface area contributed by atoms with Gasteiger partial charge in [0.1, 0.15) is 11.2 Å². The third-order valence-electron chi connectivity index (χ3n) is 12.1. The van der Waals surface area contributed by atoms with Crippen LogP contribution in [0.3, 0.4) is 0 Å². The summed E-state index contributed by atoms with van der Waals surface area (Å²) in [7, 11) is 0. The van der Waals surface area contributed by atoms with Crippen molar-refractivity contribution in [1.82, 2.24) is 19.1 Å². The number of para-hydroxylation sites is 3. The molecule has 0 spiro atoms. The minimum absolute atomic E-state index is 0.618. The topological polar surface area (TPSA) is 48.8 Å². The number of hydrogen-bond acceptors (Lipinski definition) is 3. The second-order valence-electron chi connectivity index (χ2n) is 15.3. The third kappa shape index (κ3) is 4.61. The average molecular weight is 753 g/mol. The minimum atomic E-state index is 0.618. The molecule has 0 saturated heterocycles. The maximum atomic E-state index is 6.52. The van der Waals surface area contributed by atoms with E-state index in [4.69, 9.17) is 14.4 Å². The highest BCUT2D eigenvalue weighted by atomic mass is 16.3. The summed E-state index contributed by atoms with van der Waals surface area (Å²) in [5, 5.41) is 10.1. The Balaban J connectivity index is 1.19. The van der Waals surface area contributed by atoms with Crippen LogP contribution in [0.1, 0.15) is 0 Å². The van der Waals surface area contributed by atoms with Crippen molar-refractivity contribution in [3.05, 3.63) is 194 Å². The smallest absolute Gasteiger partial charge is 0.235 e. The summed E-state index contributed by atoms with van der Waals surface area (Å²) < 4.78 is 11.3. The molecule has 0 aliphatic heterocycles. The molecule has 0 N–H and O–H groups in total. The molecule has 9 aromatic carbocycles. The molecule has 0 saturated carbocycles. The lowest BCUT2D eigenvalue weighted by Gasteiger charge is -2.13. The van der Waals surface area contributed by atoms with Crippen LogP contribution < -0.4 is 0 Å². The van der Waals surface area contributed by atoms with Gasteiger partial charge in [-0.15, -0.1) is 0 Å². The van der Waals surface area contributed by atoms with E-state index in [1.807, 2.05) is 6.07 Å². The van der Waals surface area contributed by atoms with Crippen LogP contribution in [0.5, 0.6) is 0 Å². The summed E-state index contributed by atoms with van der Waals surface area (Å²) in [6, 6.07) is 68.8. The number of furan rings is 1. The van der Waals surface area contributed by atoms with Crippen molar-refractivity contribution in [3.8, 4) is 34.0 Å². The van der Waals surface area contributed by atoms with Gasteiger partial charge in [0, 0.05) is 48.7 Å². The van der Waals surface area contributed by atoms with Gasteiger partial charge in [-0.25, -0.2) is 9.97 Å². The van der Waals surface area contributed by atoms with Crippen molar-refractivity contribution in [2.75, 3.05) is 0 Å². The number of aromatic nitrogens is 4. The minimum Gasteiger partial charge on any atom is -0.456 e. The first-order valence-corrected chi connectivity index (χ1v) is 20.0. The average Bonchev–Trinajstić information content (AvgIpc) is 3.96. The van der Waals surface area contributed by atoms with Crippen molar-refractivity contribution in [3.63, 3.8) is 0 Å². The number of rotatable bonds is 4. The first kappa shape index (κ1) is 32.1. The Labute approximate surface area is 337 Å². The highest BCUT2D eigenvalue weighted by Gasteiger charge is 2.25. The lowest BCUT2D eigenvalue weighted by molar-refractivity contribution is 0.669. The molecule has 13 aromatic rings. The van der Waals surface area contributed by atoms with Gasteiger partial charge < -0.3 is 8.98 Å². The molecular formula is C54H32N4O. The van der Waals surface area contributed by atoms with Gasteiger partial charge >= 0.3 is 0 Å². The fourth-order valence-corrected chi connectivity index (χ4v) is 9.57. The Morgan fingerprint density at radius 3 is 1.90 bits per heavy atom. The largest absolute Gasteiger partial charge is 0.456 e. The standard InChI is InChI=1S/C54H32N4O/c1-2-13-33(14-3-1)34-25-27-36(28-26-34)52-38-18-6-9-21-42(38)55-54(56-52)58-45-31-32-48-51(40-20-8-11-24-47(40)59-48)49(45)41-29-30-46-50(53(41)58)39-19-7-10-22-44(39)57(46)43-23-12-16-35-15-4-5-17-37(35)43/h1-32H. The number of hydrogen-bond donors (Lipinski definition) is 0. The van der Waals surface area contributed by atoms with Crippen LogP contribution in [0.4, 0.5) is 0 Å². The molecule has 13 rings (SSSR count). The van der Waals surface area contributed by atoms with Crippen LogP contribution in [0.25, 0.3) is 121 Å². The van der Waals surface area contributed by atoms with Crippen LogP contribution in [0, 0.1) is 0 Å². The first-order chi connectivity index (χ1) is 29.3. The van der Waals surface area contributed by atoms with Crippen LogP contribution in [-0.4, -0.2) is 19.1 Å². The SMILES string of the molecule is c1ccc(-c2ccc(-c3nc(-n4c5ccc6oc7ccccc7c6c5c5ccc6c(c7ccccc7n6-c6cccc7ccccc67)c54)nc4ccccc34)cc2)cc1. The van der Waals surface area contributed by atoms with E-state index in [9.17, 15) is 0 Å². The van der Waals surface area contributed by atoms with Gasteiger partial charge in [0.2, 0.25) is 5.95 Å². The van der Waals surface area contributed by atoms with Gasteiger partial charge in [0.15, 0.2) is 0 Å². The van der Waals surface area contributed by atoms with Crippen LogP contribution in [-0.2, 0) is 0 Å². The summed E-state index contributed by atoms with van der Waals surface area (Å²) in [5.41, 5.74) is 12.4. The molecule has 0 fully saturated rings. The Kier molecular flexibility index (Phi) is 6.66. The zero-order valence-electron chi connectivity index (χ0n) is 31.7. The van der Waals surface area contributed by atoms with E-state index in [0.717, 1.165) is 99.0 Å². The summed E-state index contributed by atoms with van der Waals surface area (Å²) in [4.78, 5) is 11.0. The van der Waals surface area contributed by atoms with Crippen LogP contribution in [0.2, 0.25) is 0 Å². The van der Waals surface area contributed by atoms with Crippen molar-refractivity contribution >= 4 is 87.2 Å². The summed E-state index contributed by atoms with van der Waals surface area (Å²) in [6.07, 6.45) is 0. The maximum absolute atomic E-state index is 6.52. The zero-order chi connectivity index (χ0) is 38.6. The van der Waals surface area contributed by atoms with Crippen molar-refractivity contribution in [1.29, 1.82) is 0 Å². The highest BCUT2D eigenvalue weighted by Crippen LogP contribution is 2.46. The molecule has 5 nitrogen and oxygen atoms in total. The normalized spacial score (nSPS) is 12.1. The Morgan fingerprint density at radius 2 is 1.02 bits per heavy atom. The van der Waals surface area contributed by atoms with Crippen molar-refractivity contribution in [2.45, 2.75) is 0 Å². The van der Waals surface area contributed by atoms with Gasteiger partial charge in [0.25, 0.3) is 0 Å². The van der Waals surface area contributed by atoms with Crippen molar-refractivity contribution < 1.29 is 4.42 Å². The van der Waals surface area contributed by atoms with E-state index < -0.39 is 0 Å². The highest BCUT2D eigenvalue weighted by molar-refractivity contribution is 6.33. The van der Waals surface area contributed by atoms with Gasteiger partial charge in [-0.2, -0.15) is 0 Å². The van der Waals surface area contributed by atoms with Crippen LogP contribution >= 0.6 is 0 Å². The Bertz CT molecular complexity index is 3830. The van der Waals surface area contributed by atoms with E-state index >= 15 is 0 Å². The molecule has 0 atom stereocenters. The molecule has 274 valence electrons. The maximum Gasteiger partial charge on any atom is 0.235 e. The molecule has 4 aromatic heterocycles. The summed E-state index contributed by atoms with van der Waals surface area (Å²) >= 11 is 0. The predicted octanol–water partition coefficient (Wildman–Crippen LogP) is 14.2. The van der Waals surface area contributed by atoms with E-state index in [0.29, 0.717) is 5.95 Å². The predicted molar refractivity (Wildman–Crippen MR) is 244 cm³/mol. The van der Waals surface area contributed by atoms with E-state index in [-0.39, 0.29) is 0 Å². The molecule has 4 heterocycles. The molecule has 0 bridgehead atoms. The monoisotopic (exact) mass is 752 g/mol. The Morgan fingerprint density at radius 1 is 0.356 bits per heavy atom. The number of nitrogens with zero attached hydrogens (tertiary/aromatic N) is 4. The third-order valence-corrected chi connectivity index (χ3v) is 12.1. The van der Waals surface area contributed by atoms with Crippen LogP contribution in [0.15, 0.2) is 199 Å². The molecule has 0 aliphatic carbocycles. The van der Waals surface area contributed by atoms with E-state index in [1.165, 1.54) is 16.3 Å². The van der Waals surface area contributed by atoms with Crippen molar-refractivity contribution in [2.24, 2.45) is 0 Å². The van der Waals surface area contributed by atoms with E-state index in [1.54, 1.807) is 0 Å². The molecule has 0 amide bonds. The molecular weight excluding hydrogens is 721 g/mol. The first-order valence-electron chi connectivity index (χ1n) is 20.0. The lowest BCUT2D eigenvalue weighted by Crippen LogP contribution is -2.03. The van der Waals surface area contributed by atoms with Gasteiger partial charge in [-0.3, -0.25) is 4.57 Å². The zero-order valence-corrected chi connectivity index (χ0v) is 31.7. The van der Waals surface area contributed by atoms with E-state index in [2.05, 4.69) is 197 Å². The molecule has 0 radical (unpaired) electrons. The second kappa shape index (κ2) is 12.2. The summed E-state index contributed by atoms with van der Waals surface area (Å²) in [5.74, 6) is 0.618. The fourth-order valence-electron chi connectivity index (χ4n) is 9.57. The number of benzene rings is 9. The molecule has 0 aliphatic rings. The molecule has 0 unspecified atom stereocenters. The fraction of sp³-hybridized carbons (Fsp3) is 0. The molecule has 5 heteroatoms.